The SMILES string of the molecule is Cc1ccc(CN2C(=O)/C(=C\c3ccc(C(=O)NCCC(C)C)cc3)Oc3ccccc32)cc1. The molecule has 1 heterocycles. The Morgan fingerprint density at radius 1 is 1.00 bits per heavy atom. The van der Waals surface area contributed by atoms with Crippen molar-refractivity contribution in [2.75, 3.05) is 11.4 Å². The molecule has 2 amide bonds. The van der Waals surface area contributed by atoms with Crippen molar-refractivity contribution in [2.45, 2.75) is 33.7 Å². The number of ether oxygens (including phenoxy) is 1. The predicted molar refractivity (Wildman–Crippen MR) is 136 cm³/mol. The van der Waals surface area contributed by atoms with Gasteiger partial charge >= 0.3 is 0 Å². The average Bonchev–Trinajstić information content (AvgIpc) is 2.83. The second-order valence-electron chi connectivity index (χ2n) is 9.02. The topological polar surface area (TPSA) is 58.6 Å². The summed E-state index contributed by atoms with van der Waals surface area (Å²) in [6.45, 7) is 7.40. The lowest BCUT2D eigenvalue weighted by atomic mass is 10.1. The first-order valence-electron chi connectivity index (χ1n) is 11.6. The molecule has 0 spiro atoms. The van der Waals surface area contributed by atoms with Crippen LogP contribution in [-0.4, -0.2) is 18.4 Å². The molecule has 5 nitrogen and oxygen atoms in total. The lowest BCUT2D eigenvalue weighted by Crippen LogP contribution is -2.36. The van der Waals surface area contributed by atoms with Gasteiger partial charge in [-0.3, -0.25) is 14.5 Å². The molecule has 3 aromatic rings. The lowest BCUT2D eigenvalue weighted by molar-refractivity contribution is -0.117. The number of nitrogens with zero attached hydrogens (tertiary/aromatic N) is 1. The monoisotopic (exact) mass is 454 g/mol. The Kier molecular flexibility index (Phi) is 7.12. The number of para-hydroxylation sites is 2. The van der Waals surface area contributed by atoms with E-state index in [0.29, 0.717) is 30.3 Å². The summed E-state index contributed by atoms with van der Waals surface area (Å²) in [7, 11) is 0. The van der Waals surface area contributed by atoms with Gasteiger partial charge in [0.15, 0.2) is 11.5 Å². The number of fused-ring (bicyclic) bond motifs is 1. The quantitative estimate of drug-likeness (QED) is 0.463. The van der Waals surface area contributed by atoms with Crippen molar-refractivity contribution in [3.63, 3.8) is 0 Å². The third kappa shape index (κ3) is 5.54. The van der Waals surface area contributed by atoms with Crippen LogP contribution >= 0.6 is 0 Å². The molecule has 1 aliphatic heterocycles. The van der Waals surface area contributed by atoms with Crippen LogP contribution in [0, 0.1) is 12.8 Å². The minimum absolute atomic E-state index is 0.0944. The summed E-state index contributed by atoms with van der Waals surface area (Å²) in [5, 5.41) is 2.94. The summed E-state index contributed by atoms with van der Waals surface area (Å²) in [4.78, 5) is 27.5. The lowest BCUT2D eigenvalue weighted by Gasteiger charge is -2.30. The van der Waals surface area contributed by atoms with E-state index in [2.05, 4.69) is 19.2 Å². The molecular weight excluding hydrogens is 424 g/mol. The van der Waals surface area contributed by atoms with Gasteiger partial charge in [-0.05, 0) is 60.7 Å². The molecule has 0 radical (unpaired) electrons. The first-order chi connectivity index (χ1) is 16.4. The molecule has 0 bridgehead atoms. The largest absolute Gasteiger partial charge is 0.449 e. The summed E-state index contributed by atoms with van der Waals surface area (Å²) in [6.07, 6.45) is 2.66. The van der Waals surface area contributed by atoms with Crippen molar-refractivity contribution >= 4 is 23.6 Å². The molecule has 3 aromatic carbocycles. The fourth-order valence-electron chi connectivity index (χ4n) is 3.75. The molecule has 1 N–H and O–H groups in total. The van der Waals surface area contributed by atoms with Crippen molar-refractivity contribution in [3.8, 4) is 5.75 Å². The molecule has 0 saturated carbocycles. The Labute approximate surface area is 201 Å². The summed E-state index contributed by atoms with van der Waals surface area (Å²) < 4.78 is 5.98. The maximum Gasteiger partial charge on any atom is 0.294 e. The summed E-state index contributed by atoms with van der Waals surface area (Å²) >= 11 is 0. The highest BCUT2D eigenvalue weighted by Gasteiger charge is 2.30. The molecule has 0 saturated heterocycles. The maximum atomic E-state index is 13.4. The number of nitrogens with one attached hydrogen (secondary N) is 1. The molecule has 0 aromatic heterocycles. The number of hydrogen-bond acceptors (Lipinski definition) is 3. The highest BCUT2D eigenvalue weighted by atomic mass is 16.5. The molecular formula is C29H30N2O3. The smallest absolute Gasteiger partial charge is 0.294 e. The van der Waals surface area contributed by atoms with Crippen LogP contribution in [0.1, 0.15) is 47.3 Å². The molecule has 1 aliphatic rings. The van der Waals surface area contributed by atoms with Gasteiger partial charge in [-0.25, -0.2) is 0 Å². The maximum absolute atomic E-state index is 13.4. The van der Waals surface area contributed by atoms with Crippen molar-refractivity contribution in [1.29, 1.82) is 0 Å². The van der Waals surface area contributed by atoms with E-state index in [0.717, 1.165) is 23.2 Å². The zero-order valence-corrected chi connectivity index (χ0v) is 19.9. The van der Waals surface area contributed by atoms with Crippen LogP contribution in [0.4, 0.5) is 5.69 Å². The Morgan fingerprint density at radius 2 is 1.71 bits per heavy atom. The van der Waals surface area contributed by atoms with Crippen LogP contribution in [0.25, 0.3) is 6.08 Å². The van der Waals surface area contributed by atoms with Crippen LogP contribution in [0.3, 0.4) is 0 Å². The minimum Gasteiger partial charge on any atom is -0.449 e. The van der Waals surface area contributed by atoms with Crippen LogP contribution in [-0.2, 0) is 11.3 Å². The van der Waals surface area contributed by atoms with Gasteiger partial charge in [-0.15, -0.1) is 0 Å². The van der Waals surface area contributed by atoms with Crippen LogP contribution in [0.2, 0.25) is 0 Å². The Hall–Kier alpha value is -3.86. The minimum atomic E-state index is -0.199. The average molecular weight is 455 g/mol. The standard InChI is InChI=1S/C29H30N2O3/c1-20(2)16-17-30-28(32)24-14-12-22(13-15-24)18-27-29(33)31(19-23-10-8-21(3)9-11-23)25-6-4-5-7-26(25)34-27/h4-15,18,20H,16-17,19H2,1-3H3,(H,30,32)/b27-18+. The molecule has 4 rings (SSSR count). The van der Waals surface area contributed by atoms with E-state index in [9.17, 15) is 9.59 Å². The molecule has 0 aliphatic carbocycles. The normalized spacial score (nSPS) is 14.2. The second-order valence-corrected chi connectivity index (χ2v) is 9.02. The Balaban J connectivity index is 1.54. The van der Waals surface area contributed by atoms with Gasteiger partial charge in [0.25, 0.3) is 11.8 Å². The third-order valence-electron chi connectivity index (χ3n) is 5.77. The van der Waals surface area contributed by atoms with Gasteiger partial charge in [0.05, 0.1) is 12.2 Å². The van der Waals surface area contributed by atoms with Gasteiger partial charge in [0, 0.05) is 12.1 Å². The van der Waals surface area contributed by atoms with Gasteiger partial charge in [-0.1, -0.05) is 67.9 Å². The van der Waals surface area contributed by atoms with E-state index >= 15 is 0 Å². The zero-order chi connectivity index (χ0) is 24.1. The second kappa shape index (κ2) is 10.4. The number of rotatable bonds is 7. The van der Waals surface area contributed by atoms with E-state index in [-0.39, 0.29) is 17.6 Å². The molecule has 174 valence electrons. The summed E-state index contributed by atoms with van der Waals surface area (Å²) in [6, 6.07) is 22.9. The molecule has 34 heavy (non-hydrogen) atoms. The van der Waals surface area contributed by atoms with Crippen LogP contribution < -0.4 is 15.0 Å². The molecule has 0 unspecified atom stereocenters. The van der Waals surface area contributed by atoms with Crippen molar-refractivity contribution < 1.29 is 14.3 Å². The van der Waals surface area contributed by atoms with Crippen LogP contribution in [0.15, 0.2) is 78.6 Å². The van der Waals surface area contributed by atoms with Gasteiger partial charge in [0.2, 0.25) is 0 Å². The van der Waals surface area contributed by atoms with Crippen molar-refractivity contribution in [1.82, 2.24) is 5.32 Å². The highest BCUT2D eigenvalue weighted by Crippen LogP contribution is 2.36. The van der Waals surface area contributed by atoms with Crippen molar-refractivity contribution in [3.05, 3.63) is 101 Å². The highest BCUT2D eigenvalue weighted by molar-refractivity contribution is 6.09. The molecule has 0 atom stereocenters. The Bertz CT molecular complexity index is 1190. The van der Waals surface area contributed by atoms with Gasteiger partial charge in [-0.2, -0.15) is 0 Å². The van der Waals surface area contributed by atoms with E-state index < -0.39 is 0 Å². The summed E-state index contributed by atoms with van der Waals surface area (Å²) in [5.41, 5.74) is 4.35. The first-order valence-corrected chi connectivity index (χ1v) is 11.6. The number of anilines is 1. The molecule has 0 fully saturated rings. The van der Waals surface area contributed by atoms with Gasteiger partial charge < -0.3 is 10.1 Å². The molecule has 5 heteroatoms. The van der Waals surface area contributed by atoms with Crippen LogP contribution in [0.5, 0.6) is 5.75 Å². The van der Waals surface area contributed by atoms with Crippen molar-refractivity contribution in [2.24, 2.45) is 5.92 Å². The van der Waals surface area contributed by atoms with E-state index in [4.69, 9.17) is 4.74 Å². The van der Waals surface area contributed by atoms with E-state index in [1.54, 1.807) is 23.1 Å². The fourth-order valence-corrected chi connectivity index (χ4v) is 3.75. The number of amides is 2. The zero-order valence-electron chi connectivity index (χ0n) is 19.9. The number of carbonyl (C=O) groups excluding carboxylic acids is 2. The third-order valence-corrected chi connectivity index (χ3v) is 5.77. The van der Waals surface area contributed by atoms with E-state index in [1.807, 2.05) is 67.6 Å². The van der Waals surface area contributed by atoms with Gasteiger partial charge in [0.1, 0.15) is 0 Å². The fraction of sp³-hybridized carbons (Fsp3) is 0.241. The predicted octanol–water partition coefficient (Wildman–Crippen LogP) is 5.74. The number of aryl methyl sites for hydroxylation is 1. The van der Waals surface area contributed by atoms with E-state index in [1.165, 1.54) is 5.56 Å². The Morgan fingerprint density at radius 3 is 2.41 bits per heavy atom. The number of benzene rings is 3. The first kappa shape index (κ1) is 23.3. The number of hydrogen-bond donors (Lipinski definition) is 1. The summed E-state index contributed by atoms with van der Waals surface area (Å²) in [5.74, 6) is 1.14. The number of carbonyl (C=O) groups is 2.